The fourth-order valence-electron chi connectivity index (χ4n) is 1.10. The monoisotopic (exact) mass is 201 g/mol. The summed E-state index contributed by atoms with van der Waals surface area (Å²) in [6.45, 7) is -0.802. The van der Waals surface area contributed by atoms with Crippen molar-refractivity contribution in [1.29, 1.82) is 0 Å². The van der Waals surface area contributed by atoms with Gasteiger partial charge in [0.05, 0.1) is 0 Å². The second kappa shape index (κ2) is 3.71. The van der Waals surface area contributed by atoms with Gasteiger partial charge in [0.15, 0.2) is 0 Å². The number of nitrogens with two attached hydrogens (primary N) is 1. The Kier molecular flexibility index (Phi) is 2.81. The lowest BCUT2D eigenvalue weighted by molar-refractivity contribution is -0.151. The van der Waals surface area contributed by atoms with Gasteiger partial charge in [-0.15, -0.1) is 0 Å². The van der Waals surface area contributed by atoms with Crippen LogP contribution < -0.4 is 5.73 Å². The first-order valence-electron chi connectivity index (χ1n) is 3.89. The summed E-state index contributed by atoms with van der Waals surface area (Å²) in [5.41, 5.74) is 1.58. The molecule has 0 aliphatic rings. The molecule has 0 aliphatic heterocycles. The number of carbonyl (C=O) groups is 1. The van der Waals surface area contributed by atoms with Crippen molar-refractivity contribution < 1.29 is 18.7 Å². The Morgan fingerprint density at radius 2 is 2.07 bits per heavy atom. The smallest absolute Gasteiger partial charge is 0.347 e. The first kappa shape index (κ1) is 10.6. The summed E-state index contributed by atoms with van der Waals surface area (Å²) in [6.07, 6.45) is 0. The minimum Gasteiger partial charge on any atom is -0.479 e. The minimum atomic E-state index is -2.86. The lowest BCUT2D eigenvalue weighted by Gasteiger charge is -2.19. The molecule has 3 N–H and O–H groups in total. The van der Waals surface area contributed by atoms with E-state index in [1.807, 2.05) is 0 Å². The van der Waals surface area contributed by atoms with Gasteiger partial charge in [-0.05, 0) is 6.07 Å². The van der Waals surface area contributed by atoms with E-state index >= 15 is 0 Å². The number of halogens is 2. The van der Waals surface area contributed by atoms with Crippen LogP contribution in [0.2, 0.25) is 0 Å². The molecule has 0 aromatic heterocycles. The van der Waals surface area contributed by atoms with Gasteiger partial charge in [-0.1, -0.05) is 18.2 Å². The predicted octanol–water partition coefficient (Wildman–Crippen LogP) is 1.03. The molecule has 1 unspecified atom stereocenters. The fraction of sp³-hybridized carbons (Fsp3) is 0.222. The summed E-state index contributed by atoms with van der Waals surface area (Å²) in [7, 11) is 0. The van der Waals surface area contributed by atoms with Crippen molar-refractivity contribution in [1.82, 2.24) is 0 Å². The van der Waals surface area contributed by atoms with E-state index in [0.29, 0.717) is 0 Å². The third kappa shape index (κ3) is 1.58. The lowest BCUT2D eigenvalue weighted by atomic mass is 9.95. The molecule has 0 amide bonds. The second-order valence-electron chi connectivity index (χ2n) is 2.79. The van der Waals surface area contributed by atoms with Crippen LogP contribution >= 0.6 is 0 Å². The summed E-state index contributed by atoms with van der Waals surface area (Å²) >= 11 is 0. The average molecular weight is 201 g/mol. The molecule has 3 nitrogen and oxygen atoms in total. The molecular weight excluding hydrogens is 192 g/mol. The van der Waals surface area contributed by atoms with Gasteiger partial charge in [0.2, 0.25) is 5.67 Å². The van der Waals surface area contributed by atoms with Crippen LogP contribution in [0.1, 0.15) is 5.56 Å². The number of alkyl halides is 1. The molecule has 0 saturated heterocycles. The van der Waals surface area contributed by atoms with Crippen molar-refractivity contribution in [2.75, 3.05) is 6.54 Å². The van der Waals surface area contributed by atoms with Crippen molar-refractivity contribution in [3.8, 4) is 0 Å². The maximum Gasteiger partial charge on any atom is 0.347 e. The molecule has 1 aromatic carbocycles. The van der Waals surface area contributed by atoms with Crippen LogP contribution in [-0.4, -0.2) is 17.6 Å². The summed E-state index contributed by atoms with van der Waals surface area (Å²) < 4.78 is 26.7. The molecule has 1 atom stereocenters. The molecule has 5 heteroatoms. The third-order valence-corrected chi connectivity index (χ3v) is 1.92. The fourth-order valence-corrected chi connectivity index (χ4v) is 1.10. The van der Waals surface area contributed by atoms with Crippen molar-refractivity contribution in [2.24, 2.45) is 5.73 Å². The van der Waals surface area contributed by atoms with Crippen LogP contribution in [0.5, 0.6) is 0 Å². The van der Waals surface area contributed by atoms with E-state index in [1.165, 1.54) is 12.1 Å². The van der Waals surface area contributed by atoms with Crippen LogP contribution in [-0.2, 0) is 10.5 Å². The third-order valence-electron chi connectivity index (χ3n) is 1.92. The predicted molar refractivity (Wildman–Crippen MR) is 45.9 cm³/mol. The van der Waals surface area contributed by atoms with E-state index < -0.39 is 29.6 Å². The Morgan fingerprint density at radius 3 is 2.50 bits per heavy atom. The molecule has 1 aromatic rings. The summed E-state index contributed by atoms with van der Waals surface area (Å²) in [5.74, 6) is -2.70. The van der Waals surface area contributed by atoms with E-state index in [1.54, 1.807) is 0 Å². The summed E-state index contributed by atoms with van der Waals surface area (Å²) in [4.78, 5) is 10.6. The molecule has 1 rings (SSSR count). The van der Waals surface area contributed by atoms with Crippen molar-refractivity contribution in [2.45, 2.75) is 5.67 Å². The number of carboxylic acid groups (broad SMARTS) is 1. The topological polar surface area (TPSA) is 63.3 Å². The number of aliphatic carboxylic acids is 1. The molecule has 0 saturated carbocycles. The molecule has 0 fully saturated rings. The Labute approximate surface area is 79.2 Å². The van der Waals surface area contributed by atoms with E-state index in [0.717, 1.165) is 12.1 Å². The van der Waals surface area contributed by atoms with Crippen LogP contribution in [0.25, 0.3) is 0 Å². The van der Waals surface area contributed by atoms with E-state index in [-0.39, 0.29) is 0 Å². The van der Waals surface area contributed by atoms with E-state index in [4.69, 9.17) is 10.8 Å². The number of benzene rings is 1. The zero-order chi connectivity index (χ0) is 10.8. The maximum atomic E-state index is 13.7. The van der Waals surface area contributed by atoms with Gasteiger partial charge in [-0.3, -0.25) is 0 Å². The highest BCUT2D eigenvalue weighted by atomic mass is 19.1. The Balaban J connectivity index is 3.26. The zero-order valence-corrected chi connectivity index (χ0v) is 7.21. The number of rotatable bonds is 3. The number of hydrogen-bond acceptors (Lipinski definition) is 2. The Hall–Kier alpha value is -1.49. The Bertz CT molecular complexity index is 356. The van der Waals surface area contributed by atoms with Crippen LogP contribution in [0.3, 0.4) is 0 Å². The molecule has 0 spiro atoms. The molecule has 0 aliphatic carbocycles. The van der Waals surface area contributed by atoms with E-state index in [9.17, 15) is 13.6 Å². The largest absolute Gasteiger partial charge is 0.479 e. The first-order chi connectivity index (χ1) is 6.52. The average Bonchev–Trinajstić information content (AvgIpc) is 2.17. The zero-order valence-electron chi connectivity index (χ0n) is 7.21. The molecular formula is C9H9F2NO2. The minimum absolute atomic E-state index is 0.546. The van der Waals surface area contributed by atoms with Crippen LogP contribution in [0, 0.1) is 5.82 Å². The van der Waals surface area contributed by atoms with Crippen molar-refractivity contribution in [3.05, 3.63) is 35.6 Å². The highest BCUT2D eigenvalue weighted by Crippen LogP contribution is 2.27. The highest BCUT2D eigenvalue weighted by Gasteiger charge is 2.41. The number of carboxylic acids is 1. The quantitative estimate of drug-likeness (QED) is 0.767. The Morgan fingerprint density at radius 1 is 1.50 bits per heavy atom. The van der Waals surface area contributed by atoms with Gasteiger partial charge in [0, 0.05) is 12.1 Å². The normalized spacial score (nSPS) is 14.8. The maximum absolute atomic E-state index is 13.7. The molecule has 0 radical (unpaired) electrons. The molecule has 0 bridgehead atoms. The molecule has 76 valence electrons. The summed E-state index contributed by atoms with van der Waals surface area (Å²) in [6, 6.07) is 4.75. The molecule has 0 heterocycles. The van der Waals surface area contributed by atoms with Gasteiger partial charge in [0.25, 0.3) is 0 Å². The lowest BCUT2D eigenvalue weighted by Crippen LogP contribution is -2.39. The van der Waals surface area contributed by atoms with Gasteiger partial charge >= 0.3 is 5.97 Å². The van der Waals surface area contributed by atoms with Crippen molar-refractivity contribution in [3.63, 3.8) is 0 Å². The van der Waals surface area contributed by atoms with Crippen LogP contribution in [0.4, 0.5) is 8.78 Å². The van der Waals surface area contributed by atoms with Crippen LogP contribution in [0.15, 0.2) is 24.3 Å². The van der Waals surface area contributed by atoms with Crippen molar-refractivity contribution >= 4 is 5.97 Å². The van der Waals surface area contributed by atoms with Gasteiger partial charge in [-0.25, -0.2) is 13.6 Å². The SMILES string of the molecule is NCC(F)(C(=O)O)c1ccccc1F. The van der Waals surface area contributed by atoms with E-state index in [2.05, 4.69) is 0 Å². The second-order valence-corrected chi connectivity index (χ2v) is 2.79. The van der Waals surface area contributed by atoms with Gasteiger partial charge in [0.1, 0.15) is 5.82 Å². The number of hydrogen-bond donors (Lipinski definition) is 2. The molecule has 14 heavy (non-hydrogen) atoms. The first-order valence-corrected chi connectivity index (χ1v) is 3.89. The summed E-state index contributed by atoms with van der Waals surface area (Å²) in [5, 5.41) is 8.59. The van der Waals surface area contributed by atoms with Gasteiger partial charge < -0.3 is 10.8 Å². The van der Waals surface area contributed by atoms with Gasteiger partial charge in [-0.2, -0.15) is 0 Å². The highest BCUT2D eigenvalue weighted by molar-refractivity contribution is 5.79. The standard InChI is InChI=1S/C9H9F2NO2/c10-7-4-2-1-3-6(7)9(11,5-12)8(13)14/h1-4H,5,12H2,(H,13,14).